The van der Waals surface area contributed by atoms with E-state index in [-0.39, 0.29) is 26.4 Å². The molecule has 0 heterocycles. The molecule has 3 rings (SSSR count). The first kappa shape index (κ1) is 22.9. The summed E-state index contributed by atoms with van der Waals surface area (Å²) < 4.78 is 22.4. The monoisotopic (exact) mass is 434 g/mol. The molecular formula is C26H26O6. The number of rotatable bonds is 10. The van der Waals surface area contributed by atoms with Crippen molar-refractivity contribution in [2.75, 3.05) is 26.4 Å². The molecule has 166 valence electrons. The van der Waals surface area contributed by atoms with Gasteiger partial charge in [-0.2, -0.15) is 0 Å². The summed E-state index contributed by atoms with van der Waals surface area (Å²) in [6.07, 6.45) is 0. The van der Waals surface area contributed by atoms with Crippen molar-refractivity contribution in [1.82, 2.24) is 0 Å². The van der Waals surface area contributed by atoms with Crippen LogP contribution in [0, 0.1) is 0 Å². The molecule has 0 radical (unpaired) electrons. The van der Waals surface area contributed by atoms with Crippen molar-refractivity contribution in [1.29, 1.82) is 0 Å². The Labute approximate surface area is 187 Å². The summed E-state index contributed by atoms with van der Waals surface area (Å²) in [5.74, 6) is 0.478. The van der Waals surface area contributed by atoms with Crippen molar-refractivity contribution in [2.45, 2.75) is 13.8 Å². The minimum atomic E-state index is -0.445. The average molecular weight is 434 g/mol. The first-order chi connectivity index (χ1) is 15.4. The fourth-order valence-corrected chi connectivity index (χ4v) is 3.16. The van der Waals surface area contributed by atoms with E-state index in [0.29, 0.717) is 22.6 Å². The molecule has 0 aliphatic carbocycles. The molecule has 3 aromatic rings. The highest BCUT2D eigenvalue weighted by atomic mass is 16.6. The Hall–Kier alpha value is -3.80. The largest absolute Gasteiger partial charge is 0.489 e. The van der Waals surface area contributed by atoms with Gasteiger partial charge in [-0.3, -0.25) is 0 Å². The van der Waals surface area contributed by atoms with E-state index in [1.807, 2.05) is 48.5 Å². The second kappa shape index (κ2) is 10.5. The highest BCUT2D eigenvalue weighted by Gasteiger charge is 2.16. The van der Waals surface area contributed by atoms with Gasteiger partial charge in [0.25, 0.3) is 0 Å². The number of hydrogen-bond acceptors (Lipinski definition) is 6. The van der Waals surface area contributed by atoms with E-state index in [2.05, 4.69) is 13.2 Å². The number of fused-ring (bicyclic) bond motifs is 2. The Bertz CT molecular complexity index is 1030. The normalized spacial score (nSPS) is 10.6. The number of ether oxygens (including phenoxy) is 4. The zero-order valence-electron chi connectivity index (χ0n) is 18.3. The van der Waals surface area contributed by atoms with Gasteiger partial charge in [0.15, 0.2) is 0 Å². The molecule has 0 spiro atoms. The second-order valence-electron chi connectivity index (χ2n) is 7.28. The third kappa shape index (κ3) is 5.27. The zero-order chi connectivity index (χ0) is 23.1. The molecule has 0 aliphatic heterocycles. The van der Waals surface area contributed by atoms with Gasteiger partial charge in [-0.05, 0) is 13.8 Å². The van der Waals surface area contributed by atoms with Crippen LogP contribution in [0.4, 0.5) is 0 Å². The summed E-state index contributed by atoms with van der Waals surface area (Å²) >= 11 is 0. The molecule has 32 heavy (non-hydrogen) atoms. The summed E-state index contributed by atoms with van der Waals surface area (Å²) in [5.41, 5.74) is 0.688. The second-order valence-corrected chi connectivity index (χ2v) is 7.28. The van der Waals surface area contributed by atoms with Crippen LogP contribution in [0.5, 0.6) is 11.5 Å². The molecule has 0 aromatic heterocycles. The molecule has 6 heteroatoms. The molecule has 0 bridgehead atoms. The maximum absolute atomic E-state index is 11.6. The summed E-state index contributed by atoms with van der Waals surface area (Å²) in [7, 11) is 0. The molecule has 0 saturated carbocycles. The summed E-state index contributed by atoms with van der Waals surface area (Å²) in [4.78, 5) is 23.2. The maximum atomic E-state index is 11.6. The first-order valence-corrected chi connectivity index (χ1v) is 10.2. The first-order valence-electron chi connectivity index (χ1n) is 10.2. The van der Waals surface area contributed by atoms with Crippen LogP contribution in [0.3, 0.4) is 0 Å². The van der Waals surface area contributed by atoms with Crippen molar-refractivity contribution >= 4 is 33.5 Å². The minimum absolute atomic E-state index is 0.112. The van der Waals surface area contributed by atoms with E-state index in [9.17, 15) is 9.59 Å². The highest BCUT2D eigenvalue weighted by molar-refractivity contribution is 6.11. The molecule has 0 N–H and O–H groups in total. The van der Waals surface area contributed by atoms with Gasteiger partial charge < -0.3 is 18.9 Å². The Morgan fingerprint density at radius 2 is 0.938 bits per heavy atom. The number of esters is 2. The lowest BCUT2D eigenvalue weighted by Gasteiger charge is -2.18. The summed E-state index contributed by atoms with van der Waals surface area (Å²) in [5, 5.41) is 3.47. The van der Waals surface area contributed by atoms with Crippen LogP contribution in [0.2, 0.25) is 0 Å². The van der Waals surface area contributed by atoms with Gasteiger partial charge in [-0.25, -0.2) is 9.59 Å². The van der Waals surface area contributed by atoms with Crippen LogP contribution < -0.4 is 9.47 Å². The summed E-state index contributed by atoms with van der Waals surface area (Å²) in [6.45, 7) is 11.0. The minimum Gasteiger partial charge on any atom is -0.489 e. The standard InChI is InChI=1S/C26H26O6/c1-17(2)25(27)31-15-13-29-23-19-9-5-7-11-21(19)24(22-12-8-6-10-20(22)23)30-14-16-32-26(28)18(3)4/h5-12H,1,3,13-16H2,2,4H3. The predicted octanol–water partition coefficient (Wildman–Crippen LogP) is 4.99. The van der Waals surface area contributed by atoms with Crippen LogP contribution in [0.15, 0.2) is 72.8 Å². The number of hydrogen-bond donors (Lipinski definition) is 0. The van der Waals surface area contributed by atoms with Crippen LogP contribution in [-0.2, 0) is 19.1 Å². The van der Waals surface area contributed by atoms with Gasteiger partial charge in [0.2, 0.25) is 0 Å². The highest BCUT2D eigenvalue weighted by Crippen LogP contribution is 2.42. The molecule has 3 aromatic carbocycles. The van der Waals surface area contributed by atoms with Gasteiger partial charge in [0.1, 0.15) is 37.9 Å². The lowest BCUT2D eigenvalue weighted by atomic mass is 10.0. The lowest BCUT2D eigenvalue weighted by Crippen LogP contribution is -2.13. The van der Waals surface area contributed by atoms with E-state index < -0.39 is 11.9 Å². The Kier molecular flexibility index (Phi) is 7.49. The molecule has 0 amide bonds. The van der Waals surface area contributed by atoms with Gasteiger partial charge in [-0.15, -0.1) is 0 Å². The van der Waals surface area contributed by atoms with Crippen LogP contribution in [0.1, 0.15) is 13.8 Å². The molecular weight excluding hydrogens is 408 g/mol. The molecule has 0 aliphatic rings. The molecule has 6 nitrogen and oxygen atoms in total. The molecule has 0 fully saturated rings. The van der Waals surface area contributed by atoms with Gasteiger partial charge in [0.05, 0.1) is 0 Å². The summed E-state index contributed by atoms with van der Waals surface area (Å²) in [6, 6.07) is 15.5. The number of benzene rings is 3. The van der Waals surface area contributed by atoms with E-state index >= 15 is 0 Å². The van der Waals surface area contributed by atoms with Crippen LogP contribution in [0.25, 0.3) is 21.5 Å². The predicted molar refractivity (Wildman–Crippen MR) is 124 cm³/mol. The zero-order valence-corrected chi connectivity index (χ0v) is 18.3. The lowest BCUT2D eigenvalue weighted by molar-refractivity contribution is -0.140. The van der Waals surface area contributed by atoms with E-state index in [4.69, 9.17) is 18.9 Å². The third-order valence-electron chi connectivity index (χ3n) is 4.66. The quantitative estimate of drug-likeness (QED) is 0.194. The molecule has 0 atom stereocenters. The smallest absolute Gasteiger partial charge is 0.333 e. The fourth-order valence-electron chi connectivity index (χ4n) is 3.16. The van der Waals surface area contributed by atoms with Crippen molar-refractivity contribution in [3.05, 3.63) is 72.8 Å². The molecule has 0 unspecified atom stereocenters. The molecule has 0 saturated heterocycles. The number of carbonyl (C=O) groups is 2. The number of carbonyl (C=O) groups excluding carboxylic acids is 2. The third-order valence-corrected chi connectivity index (χ3v) is 4.66. The maximum Gasteiger partial charge on any atom is 0.333 e. The van der Waals surface area contributed by atoms with Crippen molar-refractivity contribution in [3.8, 4) is 11.5 Å². The van der Waals surface area contributed by atoms with Gasteiger partial charge >= 0.3 is 11.9 Å². The van der Waals surface area contributed by atoms with Crippen molar-refractivity contribution in [3.63, 3.8) is 0 Å². The average Bonchev–Trinajstić information content (AvgIpc) is 2.79. The van der Waals surface area contributed by atoms with Gasteiger partial charge in [-0.1, -0.05) is 61.7 Å². The van der Waals surface area contributed by atoms with E-state index in [0.717, 1.165) is 21.5 Å². The van der Waals surface area contributed by atoms with Crippen molar-refractivity contribution < 1.29 is 28.5 Å². The SMILES string of the molecule is C=C(C)C(=O)OCCOc1c2ccccc2c(OCCOC(=O)C(=C)C)c2ccccc12. The topological polar surface area (TPSA) is 71.1 Å². The van der Waals surface area contributed by atoms with E-state index in [1.54, 1.807) is 13.8 Å². The fraction of sp³-hybridized carbons (Fsp3) is 0.231. The Balaban J connectivity index is 1.87. The van der Waals surface area contributed by atoms with Crippen LogP contribution in [-0.4, -0.2) is 38.4 Å². The van der Waals surface area contributed by atoms with E-state index in [1.165, 1.54) is 0 Å². The van der Waals surface area contributed by atoms with Crippen molar-refractivity contribution in [2.24, 2.45) is 0 Å². The Morgan fingerprint density at radius 1 is 0.625 bits per heavy atom. The van der Waals surface area contributed by atoms with Crippen LogP contribution >= 0.6 is 0 Å². The van der Waals surface area contributed by atoms with Gasteiger partial charge in [0, 0.05) is 32.7 Å². The Morgan fingerprint density at radius 3 is 1.22 bits per heavy atom.